The molecule has 1 heterocycles. The Morgan fingerprint density at radius 3 is 2.76 bits per heavy atom. The molecular weight excluding hydrogens is 292 g/mol. The molecule has 2 nitrogen and oxygen atoms in total. The van der Waals surface area contributed by atoms with Crippen LogP contribution < -0.4 is 5.32 Å². The smallest absolute Gasteiger partial charge is 0.288 e. The van der Waals surface area contributed by atoms with Crippen molar-refractivity contribution in [1.82, 2.24) is 0 Å². The average molecular weight is 313 g/mol. The van der Waals surface area contributed by atoms with Gasteiger partial charge in [-0.25, -0.2) is 0 Å². The van der Waals surface area contributed by atoms with Crippen LogP contribution in [0, 0.1) is 0 Å². The number of hydrogen-bond acceptors (Lipinski definition) is 3. The lowest BCUT2D eigenvalue weighted by atomic mass is 9.89. The van der Waals surface area contributed by atoms with Gasteiger partial charge in [0.1, 0.15) is 0 Å². The molecule has 0 bridgehead atoms. The summed E-state index contributed by atoms with van der Waals surface area (Å²) in [5.74, 6) is -2.39. The Morgan fingerprint density at radius 2 is 2.00 bits per heavy atom. The quantitative estimate of drug-likeness (QED) is 0.798. The minimum absolute atomic E-state index is 0.0424. The second-order valence-electron chi connectivity index (χ2n) is 5.95. The van der Waals surface area contributed by atoms with Crippen LogP contribution in [0.15, 0.2) is 29.2 Å². The number of alkyl halides is 2. The Morgan fingerprint density at radius 1 is 1.24 bits per heavy atom. The number of benzene rings is 1. The lowest BCUT2D eigenvalue weighted by molar-refractivity contribution is -0.0767. The normalized spacial score (nSPS) is 24.6. The van der Waals surface area contributed by atoms with Crippen molar-refractivity contribution in [1.29, 1.82) is 0 Å². The van der Waals surface area contributed by atoms with E-state index >= 15 is 0 Å². The standard InChI is InChI=1S/C16H21F2NOS/c17-15(18)21-14-6-2-1-5-13(14)19-12-7-10-20-16(11-12)8-3-4-9-16/h1-2,5-6,12,15,19H,3-4,7-11H2. The first-order chi connectivity index (χ1) is 10.2. The van der Waals surface area contributed by atoms with Crippen molar-refractivity contribution in [3.8, 4) is 0 Å². The topological polar surface area (TPSA) is 21.3 Å². The molecule has 1 saturated heterocycles. The Labute approximate surface area is 128 Å². The average Bonchev–Trinajstić information content (AvgIpc) is 2.88. The molecule has 1 aromatic carbocycles. The third-order valence-electron chi connectivity index (χ3n) is 4.47. The number of ether oxygens (including phenoxy) is 1. The maximum atomic E-state index is 12.6. The van der Waals surface area contributed by atoms with Crippen LogP contribution in [0.3, 0.4) is 0 Å². The van der Waals surface area contributed by atoms with Crippen LogP contribution in [0.25, 0.3) is 0 Å². The molecule has 1 unspecified atom stereocenters. The van der Waals surface area contributed by atoms with E-state index < -0.39 is 5.76 Å². The van der Waals surface area contributed by atoms with Gasteiger partial charge in [-0.3, -0.25) is 0 Å². The van der Waals surface area contributed by atoms with Crippen molar-refractivity contribution >= 4 is 17.4 Å². The van der Waals surface area contributed by atoms with E-state index in [0.29, 0.717) is 22.7 Å². The highest BCUT2D eigenvalue weighted by Gasteiger charge is 2.39. The van der Waals surface area contributed by atoms with E-state index in [1.807, 2.05) is 12.1 Å². The lowest BCUT2D eigenvalue weighted by Gasteiger charge is -2.39. The fourth-order valence-electron chi connectivity index (χ4n) is 3.52. The van der Waals surface area contributed by atoms with Crippen LogP contribution in [0.5, 0.6) is 0 Å². The second-order valence-corrected chi connectivity index (χ2v) is 6.98. The van der Waals surface area contributed by atoms with Crippen molar-refractivity contribution in [2.45, 2.75) is 60.8 Å². The molecule has 1 atom stereocenters. The van der Waals surface area contributed by atoms with Crippen LogP contribution in [-0.4, -0.2) is 24.0 Å². The summed E-state index contributed by atoms with van der Waals surface area (Å²) in [5.41, 5.74) is 0.864. The van der Waals surface area contributed by atoms with E-state index in [1.165, 1.54) is 12.8 Å². The predicted octanol–water partition coefficient (Wildman–Crippen LogP) is 4.91. The zero-order valence-corrected chi connectivity index (χ0v) is 12.8. The van der Waals surface area contributed by atoms with Gasteiger partial charge >= 0.3 is 0 Å². The molecule has 1 aliphatic heterocycles. The molecule has 0 amide bonds. The van der Waals surface area contributed by atoms with Gasteiger partial charge in [0.15, 0.2) is 0 Å². The van der Waals surface area contributed by atoms with Gasteiger partial charge in [0.05, 0.1) is 5.60 Å². The SMILES string of the molecule is FC(F)Sc1ccccc1NC1CCOC2(CCCC2)C1. The first-order valence-electron chi connectivity index (χ1n) is 7.61. The van der Waals surface area contributed by atoms with Gasteiger partial charge in [-0.1, -0.05) is 36.7 Å². The fourth-order valence-corrected chi connectivity index (χ4v) is 4.13. The van der Waals surface area contributed by atoms with Crippen molar-refractivity contribution < 1.29 is 13.5 Å². The number of para-hydroxylation sites is 1. The maximum Gasteiger partial charge on any atom is 0.288 e. The molecule has 3 rings (SSSR count). The van der Waals surface area contributed by atoms with Crippen molar-refractivity contribution in [3.05, 3.63) is 24.3 Å². The monoisotopic (exact) mass is 313 g/mol. The van der Waals surface area contributed by atoms with Crippen molar-refractivity contribution in [2.75, 3.05) is 11.9 Å². The Hall–Kier alpha value is -0.810. The molecule has 0 aromatic heterocycles. The number of anilines is 1. The van der Waals surface area contributed by atoms with Crippen LogP contribution in [0.1, 0.15) is 38.5 Å². The first kappa shape index (κ1) is 15.1. The summed E-state index contributed by atoms with van der Waals surface area (Å²) in [6, 6.07) is 7.66. The number of rotatable bonds is 4. The van der Waals surface area contributed by atoms with Gasteiger partial charge < -0.3 is 10.1 Å². The van der Waals surface area contributed by atoms with Gasteiger partial charge in [-0.15, -0.1) is 0 Å². The van der Waals surface area contributed by atoms with E-state index in [0.717, 1.165) is 38.0 Å². The third kappa shape index (κ3) is 3.69. The molecule has 1 spiro atoms. The number of halogens is 2. The highest BCUT2D eigenvalue weighted by molar-refractivity contribution is 7.99. The minimum Gasteiger partial charge on any atom is -0.381 e. The molecular formula is C16H21F2NOS. The molecule has 116 valence electrons. The zero-order chi connectivity index (χ0) is 14.7. The van der Waals surface area contributed by atoms with Gasteiger partial charge in [-0.05, 0) is 37.8 Å². The van der Waals surface area contributed by atoms with Crippen LogP contribution in [-0.2, 0) is 4.74 Å². The lowest BCUT2D eigenvalue weighted by Crippen LogP contribution is -2.42. The Kier molecular flexibility index (Phi) is 4.69. The van der Waals surface area contributed by atoms with Crippen molar-refractivity contribution in [3.63, 3.8) is 0 Å². The molecule has 5 heteroatoms. The highest BCUT2D eigenvalue weighted by Crippen LogP contribution is 2.41. The summed E-state index contributed by atoms with van der Waals surface area (Å²) in [7, 11) is 0. The highest BCUT2D eigenvalue weighted by atomic mass is 32.2. The van der Waals surface area contributed by atoms with Crippen LogP contribution in [0.2, 0.25) is 0 Å². The predicted molar refractivity (Wildman–Crippen MR) is 82.1 cm³/mol. The van der Waals surface area contributed by atoms with E-state index in [4.69, 9.17) is 4.74 Å². The molecule has 21 heavy (non-hydrogen) atoms. The second kappa shape index (κ2) is 6.53. The maximum absolute atomic E-state index is 12.6. The molecule has 1 aromatic rings. The zero-order valence-electron chi connectivity index (χ0n) is 12.0. The van der Waals surface area contributed by atoms with E-state index in [-0.39, 0.29) is 5.60 Å². The third-order valence-corrected chi connectivity index (χ3v) is 5.26. The summed E-state index contributed by atoms with van der Waals surface area (Å²) in [6.07, 6.45) is 6.68. The van der Waals surface area contributed by atoms with Gasteiger partial charge in [0.25, 0.3) is 5.76 Å². The summed E-state index contributed by atoms with van der Waals surface area (Å²) < 4.78 is 31.3. The van der Waals surface area contributed by atoms with E-state index in [1.54, 1.807) is 12.1 Å². The van der Waals surface area contributed by atoms with Crippen molar-refractivity contribution in [2.24, 2.45) is 0 Å². The molecule has 1 aliphatic carbocycles. The summed E-state index contributed by atoms with van der Waals surface area (Å²) in [4.78, 5) is 0.625. The van der Waals surface area contributed by atoms with Gasteiger partial charge in [-0.2, -0.15) is 8.78 Å². The molecule has 1 N–H and O–H groups in total. The fraction of sp³-hybridized carbons (Fsp3) is 0.625. The Balaban J connectivity index is 1.68. The van der Waals surface area contributed by atoms with Crippen LogP contribution in [0.4, 0.5) is 14.5 Å². The summed E-state index contributed by atoms with van der Waals surface area (Å²) >= 11 is 0.610. The number of thioether (sulfide) groups is 1. The minimum atomic E-state index is -2.39. The molecule has 0 radical (unpaired) electrons. The number of nitrogens with one attached hydrogen (secondary N) is 1. The molecule has 2 aliphatic rings. The van der Waals surface area contributed by atoms with Crippen LogP contribution >= 0.6 is 11.8 Å². The summed E-state index contributed by atoms with van der Waals surface area (Å²) in [6.45, 7) is 0.766. The van der Waals surface area contributed by atoms with E-state index in [9.17, 15) is 8.78 Å². The summed E-state index contributed by atoms with van der Waals surface area (Å²) in [5, 5.41) is 3.47. The largest absolute Gasteiger partial charge is 0.381 e. The van der Waals surface area contributed by atoms with Gasteiger partial charge in [0.2, 0.25) is 0 Å². The van der Waals surface area contributed by atoms with E-state index in [2.05, 4.69) is 5.32 Å². The molecule has 2 fully saturated rings. The number of hydrogen-bond donors (Lipinski definition) is 1. The first-order valence-corrected chi connectivity index (χ1v) is 8.49. The Bertz CT molecular complexity index is 477. The molecule has 1 saturated carbocycles. The van der Waals surface area contributed by atoms with Gasteiger partial charge in [0, 0.05) is 23.2 Å².